The zero-order chi connectivity index (χ0) is 16.8. The highest BCUT2D eigenvalue weighted by atomic mass is 16.4. The lowest BCUT2D eigenvalue weighted by molar-refractivity contribution is -0.131. The highest BCUT2D eigenvalue weighted by Gasteiger charge is 2.13. The summed E-state index contributed by atoms with van der Waals surface area (Å²) in [6.07, 6.45) is 0.880. The van der Waals surface area contributed by atoms with Gasteiger partial charge in [0.25, 0.3) is 5.91 Å². The molecule has 0 aliphatic rings. The minimum absolute atomic E-state index is 0.102. The second-order valence-corrected chi connectivity index (χ2v) is 4.71. The number of amides is 1. The average Bonchev–Trinajstić information content (AvgIpc) is 2.54. The largest absolute Gasteiger partial charge is 0.488 e. The van der Waals surface area contributed by atoms with Crippen LogP contribution in [-0.4, -0.2) is 34.1 Å². The molecule has 0 fully saturated rings. The van der Waals surface area contributed by atoms with Crippen LogP contribution in [0.25, 0.3) is 5.70 Å². The normalized spacial score (nSPS) is 11.0. The number of aliphatic carboxylic acids is 1. The maximum atomic E-state index is 12.2. The molecule has 0 aliphatic heterocycles. The van der Waals surface area contributed by atoms with Gasteiger partial charge in [-0.15, -0.1) is 0 Å². The van der Waals surface area contributed by atoms with E-state index in [9.17, 15) is 9.59 Å². The van der Waals surface area contributed by atoms with Crippen molar-refractivity contribution < 1.29 is 24.7 Å². The van der Waals surface area contributed by atoms with Gasteiger partial charge in [-0.05, 0) is 23.2 Å². The first-order chi connectivity index (χ1) is 11.0. The number of carboxylic acid groups (broad SMARTS) is 1. The molecule has 0 saturated heterocycles. The van der Waals surface area contributed by atoms with Crippen LogP contribution < -0.4 is 10.8 Å². The van der Waals surface area contributed by atoms with Gasteiger partial charge in [0, 0.05) is 11.6 Å². The highest BCUT2D eigenvalue weighted by molar-refractivity contribution is 6.58. The number of carbonyl (C=O) groups is 2. The molecule has 2 aromatic carbocycles. The van der Waals surface area contributed by atoms with E-state index in [2.05, 4.69) is 5.32 Å². The van der Waals surface area contributed by atoms with Gasteiger partial charge in [0.1, 0.15) is 0 Å². The van der Waals surface area contributed by atoms with E-state index in [0.29, 0.717) is 11.1 Å². The van der Waals surface area contributed by atoms with E-state index in [-0.39, 0.29) is 11.2 Å². The fourth-order valence-corrected chi connectivity index (χ4v) is 1.93. The van der Waals surface area contributed by atoms with Gasteiger partial charge in [-0.25, -0.2) is 4.79 Å². The van der Waals surface area contributed by atoms with Crippen LogP contribution in [0.1, 0.15) is 15.9 Å². The molecule has 2 aromatic rings. The molecular formula is C16H14BNO5. The lowest BCUT2D eigenvalue weighted by Crippen LogP contribution is -2.29. The van der Waals surface area contributed by atoms with Crippen LogP contribution >= 0.6 is 0 Å². The number of carboxylic acids is 1. The zero-order valence-corrected chi connectivity index (χ0v) is 12.0. The summed E-state index contributed by atoms with van der Waals surface area (Å²) in [6.45, 7) is 0. The number of hydrogen-bond acceptors (Lipinski definition) is 4. The summed E-state index contributed by atoms with van der Waals surface area (Å²) in [7, 11) is -1.62. The summed E-state index contributed by atoms with van der Waals surface area (Å²) < 4.78 is 0. The quantitative estimate of drug-likeness (QED) is 0.467. The molecule has 0 aliphatic carbocycles. The Balaban J connectivity index is 2.27. The molecule has 0 saturated carbocycles. The molecule has 116 valence electrons. The molecule has 0 bridgehead atoms. The Bertz CT molecular complexity index is 726. The van der Waals surface area contributed by atoms with E-state index in [1.165, 1.54) is 24.3 Å². The summed E-state index contributed by atoms with van der Waals surface area (Å²) in [4.78, 5) is 23.1. The first-order valence-corrected chi connectivity index (χ1v) is 6.75. The SMILES string of the molecule is O=C(O)C=C(NC(=O)c1ccccc1)c1ccc(B(O)O)cc1. The van der Waals surface area contributed by atoms with Crippen molar-refractivity contribution in [3.05, 3.63) is 71.8 Å². The Labute approximate surface area is 132 Å². The van der Waals surface area contributed by atoms with Crippen LogP contribution in [0.15, 0.2) is 60.7 Å². The summed E-state index contributed by atoms with van der Waals surface area (Å²) in [5.74, 6) is -1.65. The third-order valence-electron chi connectivity index (χ3n) is 3.07. The van der Waals surface area contributed by atoms with E-state index in [1.807, 2.05) is 0 Å². The topological polar surface area (TPSA) is 107 Å². The Morgan fingerprint density at radius 1 is 0.913 bits per heavy atom. The Morgan fingerprint density at radius 2 is 1.52 bits per heavy atom. The highest BCUT2D eigenvalue weighted by Crippen LogP contribution is 2.12. The third-order valence-corrected chi connectivity index (χ3v) is 3.07. The number of carbonyl (C=O) groups excluding carboxylic acids is 1. The van der Waals surface area contributed by atoms with Gasteiger partial charge >= 0.3 is 13.1 Å². The number of hydrogen-bond donors (Lipinski definition) is 4. The molecular weight excluding hydrogens is 297 g/mol. The van der Waals surface area contributed by atoms with E-state index in [1.54, 1.807) is 30.3 Å². The smallest absolute Gasteiger partial charge is 0.478 e. The fourth-order valence-electron chi connectivity index (χ4n) is 1.93. The average molecular weight is 311 g/mol. The van der Waals surface area contributed by atoms with Gasteiger partial charge < -0.3 is 20.5 Å². The molecule has 0 atom stereocenters. The van der Waals surface area contributed by atoms with Crippen molar-refractivity contribution in [2.45, 2.75) is 0 Å². The summed E-state index contributed by atoms with van der Waals surface area (Å²) in [6, 6.07) is 14.2. The molecule has 0 heterocycles. The maximum absolute atomic E-state index is 12.2. The van der Waals surface area contributed by atoms with Gasteiger partial charge in [-0.3, -0.25) is 4.79 Å². The Morgan fingerprint density at radius 3 is 2.04 bits per heavy atom. The molecule has 6 nitrogen and oxygen atoms in total. The second kappa shape index (κ2) is 7.39. The molecule has 0 unspecified atom stereocenters. The molecule has 23 heavy (non-hydrogen) atoms. The third kappa shape index (κ3) is 4.54. The van der Waals surface area contributed by atoms with Gasteiger partial charge in [0.05, 0.1) is 5.70 Å². The molecule has 0 radical (unpaired) electrons. The van der Waals surface area contributed by atoms with Crippen LogP contribution in [0.4, 0.5) is 0 Å². The van der Waals surface area contributed by atoms with Crippen molar-refractivity contribution in [1.82, 2.24) is 5.32 Å². The summed E-state index contributed by atoms with van der Waals surface area (Å²) >= 11 is 0. The lowest BCUT2D eigenvalue weighted by atomic mass is 9.80. The maximum Gasteiger partial charge on any atom is 0.488 e. The van der Waals surface area contributed by atoms with Gasteiger partial charge in [0.2, 0.25) is 0 Å². The molecule has 0 spiro atoms. The second-order valence-electron chi connectivity index (χ2n) is 4.71. The predicted octanol–water partition coefficient (Wildman–Crippen LogP) is 0.222. The van der Waals surface area contributed by atoms with Crippen molar-refractivity contribution in [3.63, 3.8) is 0 Å². The first kappa shape index (κ1) is 16.5. The van der Waals surface area contributed by atoms with E-state index in [0.717, 1.165) is 6.08 Å². The number of benzene rings is 2. The minimum Gasteiger partial charge on any atom is -0.478 e. The van der Waals surface area contributed by atoms with Gasteiger partial charge in [-0.1, -0.05) is 42.5 Å². The minimum atomic E-state index is -1.62. The summed E-state index contributed by atoms with van der Waals surface area (Å²) in [5, 5.41) is 29.6. The van der Waals surface area contributed by atoms with Crippen LogP contribution in [0.5, 0.6) is 0 Å². The monoisotopic (exact) mass is 311 g/mol. The van der Waals surface area contributed by atoms with Crippen LogP contribution in [0.3, 0.4) is 0 Å². The van der Waals surface area contributed by atoms with Crippen LogP contribution in [0, 0.1) is 0 Å². The number of nitrogens with one attached hydrogen (secondary N) is 1. The molecule has 4 N–H and O–H groups in total. The van der Waals surface area contributed by atoms with Crippen molar-refractivity contribution in [3.8, 4) is 0 Å². The zero-order valence-electron chi connectivity index (χ0n) is 12.0. The van der Waals surface area contributed by atoms with E-state index in [4.69, 9.17) is 15.2 Å². The molecule has 7 heteroatoms. The molecule has 2 rings (SSSR count). The molecule has 0 aromatic heterocycles. The Hall–Kier alpha value is -2.90. The van der Waals surface area contributed by atoms with E-state index >= 15 is 0 Å². The predicted molar refractivity (Wildman–Crippen MR) is 85.8 cm³/mol. The van der Waals surface area contributed by atoms with Crippen molar-refractivity contribution in [2.75, 3.05) is 0 Å². The van der Waals surface area contributed by atoms with Crippen molar-refractivity contribution in [1.29, 1.82) is 0 Å². The Kier molecular flexibility index (Phi) is 5.30. The number of rotatable bonds is 5. The van der Waals surface area contributed by atoms with Crippen LogP contribution in [0.2, 0.25) is 0 Å². The van der Waals surface area contributed by atoms with E-state index < -0.39 is 19.0 Å². The van der Waals surface area contributed by atoms with Crippen molar-refractivity contribution >= 4 is 30.2 Å². The van der Waals surface area contributed by atoms with Gasteiger partial charge in [-0.2, -0.15) is 0 Å². The first-order valence-electron chi connectivity index (χ1n) is 6.75. The van der Waals surface area contributed by atoms with Crippen LogP contribution in [-0.2, 0) is 4.79 Å². The van der Waals surface area contributed by atoms with Gasteiger partial charge in [0.15, 0.2) is 0 Å². The fraction of sp³-hybridized carbons (Fsp3) is 0. The summed E-state index contributed by atoms with van der Waals surface area (Å²) in [5.41, 5.74) is 1.19. The lowest BCUT2D eigenvalue weighted by Gasteiger charge is -2.10. The van der Waals surface area contributed by atoms with Crippen molar-refractivity contribution in [2.24, 2.45) is 0 Å². The molecule has 1 amide bonds. The standard InChI is InChI=1S/C16H14BNO5/c19-15(20)10-14(11-6-8-13(9-7-11)17(22)23)18-16(21)12-4-2-1-3-5-12/h1-10,22-23H,(H,18,21)(H,19,20).